The minimum atomic E-state index is -0.502. The Kier molecular flexibility index (Phi) is 4.65. The number of non-ortho nitro benzene ring substituents is 1. The molecular weight excluding hydrogens is 342 g/mol. The topological polar surface area (TPSA) is 85.0 Å². The molecule has 0 radical (unpaired) electrons. The summed E-state index contributed by atoms with van der Waals surface area (Å²) < 4.78 is 5.27. The van der Waals surface area contributed by atoms with Crippen molar-refractivity contribution >= 4 is 46.2 Å². The quantitative estimate of drug-likeness (QED) is 0.461. The van der Waals surface area contributed by atoms with E-state index in [1.54, 1.807) is 6.08 Å². The number of halogens is 1. The number of nitro groups is 1. The first-order valence-electron chi connectivity index (χ1n) is 6.84. The Labute approximate surface area is 141 Å². The highest BCUT2D eigenvalue weighted by Gasteiger charge is 2.27. The van der Waals surface area contributed by atoms with Crippen LogP contribution in [0.3, 0.4) is 0 Å². The molecule has 9 heteroatoms. The van der Waals surface area contributed by atoms with Crippen LogP contribution in [0, 0.1) is 10.1 Å². The second kappa shape index (κ2) is 6.69. The third-order valence-corrected chi connectivity index (χ3v) is 4.76. The number of rotatable bonds is 2. The van der Waals surface area contributed by atoms with E-state index in [0.29, 0.717) is 47.0 Å². The number of carbonyl (C=O) groups is 1. The van der Waals surface area contributed by atoms with E-state index in [1.165, 1.54) is 30.0 Å². The molecule has 120 valence electrons. The number of hydrogen-bond donors (Lipinski definition) is 0. The minimum absolute atomic E-state index is 0.0778. The molecule has 2 aliphatic rings. The molecule has 0 aliphatic carbocycles. The first kappa shape index (κ1) is 16.0. The Balaban J connectivity index is 1.83. The number of amidine groups is 1. The van der Waals surface area contributed by atoms with Crippen LogP contribution < -0.4 is 0 Å². The fraction of sp³-hybridized carbons (Fsp3) is 0.286. The van der Waals surface area contributed by atoms with Gasteiger partial charge in [0.05, 0.1) is 23.0 Å². The lowest BCUT2D eigenvalue weighted by molar-refractivity contribution is -0.384. The van der Waals surface area contributed by atoms with Crippen LogP contribution in [0.15, 0.2) is 28.1 Å². The Bertz CT molecular complexity index is 729. The van der Waals surface area contributed by atoms with Crippen molar-refractivity contribution in [2.45, 2.75) is 0 Å². The average molecular weight is 354 g/mol. The lowest BCUT2D eigenvalue weighted by atomic mass is 10.2. The van der Waals surface area contributed by atoms with Crippen LogP contribution in [-0.4, -0.2) is 47.2 Å². The van der Waals surface area contributed by atoms with Crippen LogP contribution in [0.25, 0.3) is 6.08 Å². The zero-order valence-electron chi connectivity index (χ0n) is 11.9. The van der Waals surface area contributed by atoms with Crippen molar-refractivity contribution in [2.24, 2.45) is 4.99 Å². The highest BCUT2D eigenvalue weighted by atomic mass is 35.5. The maximum atomic E-state index is 12.1. The third-order valence-electron chi connectivity index (χ3n) is 3.37. The molecule has 0 atom stereocenters. The number of nitrogens with zero attached hydrogens (tertiary/aromatic N) is 3. The summed E-state index contributed by atoms with van der Waals surface area (Å²) in [5, 5.41) is 11.8. The van der Waals surface area contributed by atoms with Gasteiger partial charge in [0.1, 0.15) is 0 Å². The molecule has 1 aromatic rings. The van der Waals surface area contributed by atoms with Crippen molar-refractivity contribution in [3.8, 4) is 0 Å². The molecule has 7 nitrogen and oxygen atoms in total. The number of carbonyl (C=O) groups excluding carboxylic acids is 1. The summed E-state index contributed by atoms with van der Waals surface area (Å²) in [5.74, 6) is -0.362. The van der Waals surface area contributed by atoms with Crippen molar-refractivity contribution < 1.29 is 14.5 Å². The molecule has 0 saturated carbocycles. The molecule has 0 spiro atoms. The number of hydrogen-bond acceptors (Lipinski definition) is 6. The van der Waals surface area contributed by atoms with E-state index in [1.807, 2.05) is 4.90 Å². The van der Waals surface area contributed by atoms with Gasteiger partial charge in [-0.3, -0.25) is 14.9 Å². The van der Waals surface area contributed by atoms with Gasteiger partial charge in [0.2, 0.25) is 0 Å². The Morgan fingerprint density at radius 2 is 2.13 bits per heavy atom. The van der Waals surface area contributed by atoms with Crippen LogP contribution in [0.4, 0.5) is 5.69 Å². The van der Waals surface area contributed by atoms with E-state index < -0.39 is 4.92 Å². The van der Waals surface area contributed by atoms with Crippen LogP contribution in [0.2, 0.25) is 5.02 Å². The smallest absolute Gasteiger partial charge is 0.286 e. The van der Waals surface area contributed by atoms with Gasteiger partial charge in [-0.05, 0) is 23.9 Å². The maximum absolute atomic E-state index is 12.1. The average Bonchev–Trinajstić information content (AvgIpc) is 2.91. The molecule has 0 aromatic heterocycles. The van der Waals surface area contributed by atoms with Gasteiger partial charge in [-0.15, -0.1) is 0 Å². The second-order valence-corrected chi connectivity index (χ2v) is 6.29. The first-order valence-corrected chi connectivity index (χ1v) is 8.03. The van der Waals surface area contributed by atoms with Crippen molar-refractivity contribution in [1.82, 2.24) is 4.90 Å². The molecule has 1 aromatic carbocycles. The Hall–Kier alpha value is -1.90. The van der Waals surface area contributed by atoms with E-state index in [0.717, 1.165) is 0 Å². The van der Waals surface area contributed by atoms with Gasteiger partial charge >= 0.3 is 0 Å². The summed E-state index contributed by atoms with van der Waals surface area (Å²) in [4.78, 5) is 28.8. The molecule has 0 unspecified atom stereocenters. The van der Waals surface area contributed by atoms with Crippen molar-refractivity contribution in [3.05, 3.63) is 43.8 Å². The fourth-order valence-corrected chi connectivity index (χ4v) is 3.31. The number of nitro benzene ring substituents is 1. The number of amides is 1. The molecule has 3 rings (SSSR count). The minimum Gasteiger partial charge on any atom is -0.378 e. The second-order valence-electron chi connectivity index (χ2n) is 4.87. The highest BCUT2D eigenvalue weighted by molar-refractivity contribution is 8.18. The molecule has 1 amide bonds. The molecule has 2 aliphatic heterocycles. The summed E-state index contributed by atoms with van der Waals surface area (Å²) in [6, 6.07) is 4.11. The standard InChI is InChI=1S/C14H12ClN3O4S/c15-11-2-1-10(18(20)21)7-9(11)8-12-13(19)16-14(23-12)17-3-5-22-6-4-17/h1-2,7-8H,3-6H2/b12-8-. The number of aliphatic imine (C=N–C) groups is 1. The van der Waals surface area contributed by atoms with Crippen molar-refractivity contribution in [3.63, 3.8) is 0 Å². The summed E-state index contributed by atoms with van der Waals surface area (Å²) >= 11 is 7.31. The van der Waals surface area contributed by atoms with Gasteiger partial charge in [-0.2, -0.15) is 4.99 Å². The zero-order chi connectivity index (χ0) is 16.4. The molecule has 0 N–H and O–H groups in total. The van der Waals surface area contributed by atoms with Crippen molar-refractivity contribution in [2.75, 3.05) is 26.3 Å². The van der Waals surface area contributed by atoms with Crippen LogP contribution >= 0.6 is 23.4 Å². The first-order chi connectivity index (χ1) is 11.0. The summed E-state index contributed by atoms with van der Waals surface area (Å²) in [6.07, 6.45) is 1.54. The van der Waals surface area contributed by atoms with Gasteiger partial charge < -0.3 is 9.64 Å². The summed E-state index contributed by atoms with van der Waals surface area (Å²) in [7, 11) is 0. The van der Waals surface area contributed by atoms with E-state index in [2.05, 4.69) is 4.99 Å². The zero-order valence-corrected chi connectivity index (χ0v) is 13.5. The lowest BCUT2D eigenvalue weighted by Crippen LogP contribution is -2.38. The predicted molar refractivity (Wildman–Crippen MR) is 88.5 cm³/mol. The molecule has 1 fully saturated rings. The van der Waals surface area contributed by atoms with E-state index in [4.69, 9.17) is 16.3 Å². The number of morpholine rings is 1. The van der Waals surface area contributed by atoms with Crippen LogP contribution in [0.5, 0.6) is 0 Å². The maximum Gasteiger partial charge on any atom is 0.286 e. The van der Waals surface area contributed by atoms with Gasteiger partial charge in [0, 0.05) is 35.8 Å². The summed E-state index contributed by atoms with van der Waals surface area (Å²) in [5.41, 5.74) is 0.348. The fourth-order valence-electron chi connectivity index (χ4n) is 2.18. The van der Waals surface area contributed by atoms with Gasteiger partial charge in [-0.25, -0.2) is 0 Å². The lowest BCUT2D eigenvalue weighted by Gasteiger charge is -2.27. The van der Waals surface area contributed by atoms with Crippen molar-refractivity contribution in [1.29, 1.82) is 0 Å². The SMILES string of the molecule is O=C1N=C(N2CCOCC2)S/C1=C\c1cc([N+](=O)[O-])ccc1Cl. The molecule has 0 bridgehead atoms. The van der Waals surface area contributed by atoms with E-state index in [-0.39, 0.29) is 11.6 Å². The monoisotopic (exact) mass is 353 g/mol. The summed E-state index contributed by atoms with van der Waals surface area (Å²) in [6.45, 7) is 2.57. The van der Waals surface area contributed by atoms with E-state index >= 15 is 0 Å². The van der Waals surface area contributed by atoms with Gasteiger partial charge in [-0.1, -0.05) is 11.6 Å². The highest BCUT2D eigenvalue weighted by Crippen LogP contribution is 2.33. The van der Waals surface area contributed by atoms with Gasteiger partial charge in [0.25, 0.3) is 11.6 Å². The number of benzene rings is 1. The third kappa shape index (κ3) is 3.54. The normalized spacial score (nSPS) is 20.0. The molecule has 2 heterocycles. The van der Waals surface area contributed by atoms with E-state index in [9.17, 15) is 14.9 Å². The number of thioether (sulfide) groups is 1. The Morgan fingerprint density at radius 1 is 1.39 bits per heavy atom. The molecule has 23 heavy (non-hydrogen) atoms. The number of ether oxygens (including phenoxy) is 1. The largest absolute Gasteiger partial charge is 0.378 e. The van der Waals surface area contributed by atoms with Crippen LogP contribution in [0.1, 0.15) is 5.56 Å². The van der Waals surface area contributed by atoms with Gasteiger partial charge in [0.15, 0.2) is 5.17 Å². The van der Waals surface area contributed by atoms with Crippen LogP contribution in [-0.2, 0) is 9.53 Å². The Morgan fingerprint density at radius 3 is 2.83 bits per heavy atom. The molecule has 1 saturated heterocycles. The predicted octanol–water partition coefficient (Wildman–Crippen LogP) is 2.55. The molecular formula is C14H12ClN3O4S.